The molecular weight excluding hydrogens is 340 g/mol. The number of nitrogens with zero attached hydrogens (tertiary/aromatic N) is 2. The molecule has 2 rings (SSSR count). The van der Waals surface area contributed by atoms with Gasteiger partial charge in [-0.05, 0) is 46.2 Å². The zero-order chi connectivity index (χ0) is 20.0. The third-order valence-corrected chi connectivity index (χ3v) is 5.08. The molecule has 2 N–H and O–H groups in total. The highest BCUT2D eigenvalue weighted by atomic mass is 16.5. The van der Waals surface area contributed by atoms with Crippen molar-refractivity contribution >= 4 is 5.96 Å². The van der Waals surface area contributed by atoms with Gasteiger partial charge < -0.3 is 20.1 Å². The van der Waals surface area contributed by atoms with Crippen LogP contribution in [0, 0.1) is 6.92 Å². The Morgan fingerprint density at radius 2 is 1.93 bits per heavy atom. The molecule has 0 saturated carbocycles. The van der Waals surface area contributed by atoms with E-state index in [1.807, 2.05) is 0 Å². The van der Waals surface area contributed by atoms with E-state index in [1.165, 1.54) is 5.56 Å². The van der Waals surface area contributed by atoms with Gasteiger partial charge in [-0.25, -0.2) is 0 Å². The third-order valence-electron chi connectivity index (χ3n) is 5.08. The summed E-state index contributed by atoms with van der Waals surface area (Å²) in [5.74, 6) is 1.69. The number of guanidine groups is 1. The maximum atomic E-state index is 5.87. The Hall–Kier alpha value is -1.79. The van der Waals surface area contributed by atoms with Crippen molar-refractivity contribution in [2.24, 2.45) is 4.99 Å². The van der Waals surface area contributed by atoms with Gasteiger partial charge in [0, 0.05) is 44.3 Å². The lowest BCUT2D eigenvalue weighted by Gasteiger charge is -2.45. The average Bonchev–Trinajstić information content (AvgIpc) is 2.61. The third kappa shape index (κ3) is 6.11. The minimum Gasteiger partial charge on any atom is -0.496 e. The van der Waals surface area contributed by atoms with Crippen molar-refractivity contribution in [3.63, 3.8) is 0 Å². The van der Waals surface area contributed by atoms with Crippen LogP contribution in [0.4, 0.5) is 0 Å². The summed E-state index contributed by atoms with van der Waals surface area (Å²) in [6, 6.07) is 6.24. The molecule has 0 bridgehead atoms. The topological polar surface area (TPSA) is 58.1 Å². The highest BCUT2D eigenvalue weighted by Crippen LogP contribution is 2.21. The van der Waals surface area contributed by atoms with E-state index in [2.05, 4.69) is 73.3 Å². The summed E-state index contributed by atoms with van der Waals surface area (Å²) in [4.78, 5) is 6.86. The first-order valence-electron chi connectivity index (χ1n) is 9.73. The second-order valence-electron chi connectivity index (χ2n) is 8.07. The van der Waals surface area contributed by atoms with Crippen molar-refractivity contribution in [1.29, 1.82) is 0 Å². The number of hydrogen-bond donors (Lipinski definition) is 2. The van der Waals surface area contributed by atoms with E-state index in [4.69, 9.17) is 9.47 Å². The standard InChI is InChI=1S/C21H36N4O2/c1-15-8-9-18(19(10-15)26-7)11-23-20(22-6)24-14-21(4,5)25-12-16(2)27-17(3)13-25/h8-10,16-17H,11-14H2,1-7H3,(H2,22,23,24). The maximum absolute atomic E-state index is 5.87. The molecule has 6 nitrogen and oxygen atoms in total. The summed E-state index contributed by atoms with van der Waals surface area (Å²) in [5, 5.41) is 6.86. The number of aryl methyl sites for hydroxylation is 1. The van der Waals surface area contributed by atoms with E-state index < -0.39 is 0 Å². The number of methoxy groups -OCH3 is 1. The molecule has 0 amide bonds. The number of rotatable bonds is 6. The second kappa shape index (κ2) is 9.42. The number of hydrogen-bond acceptors (Lipinski definition) is 4. The smallest absolute Gasteiger partial charge is 0.191 e. The van der Waals surface area contributed by atoms with Gasteiger partial charge in [0.05, 0.1) is 19.3 Å². The molecule has 2 unspecified atom stereocenters. The molecule has 6 heteroatoms. The number of benzene rings is 1. The molecule has 27 heavy (non-hydrogen) atoms. The summed E-state index contributed by atoms with van der Waals surface area (Å²) < 4.78 is 11.4. The molecule has 1 aromatic rings. The summed E-state index contributed by atoms with van der Waals surface area (Å²) >= 11 is 0. The van der Waals surface area contributed by atoms with Crippen molar-refractivity contribution in [1.82, 2.24) is 15.5 Å². The fraction of sp³-hybridized carbons (Fsp3) is 0.667. The van der Waals surface area contributed by atoms with Crippen LogP contribution in [-0.4, -0.2) is 62.4 Å². The van der Waals surface area contributed by atoms with Crippen LogP contribution in [0.5, 0.6) is 5.75 Å². The predicted octanol–water partition coefficient (Wildman–Crippen LogP) is 2.56. The molecule has 1 fully saturated rings. The first kappa shape index (κ1) is 21.5. The van der Waals surface area contributed by atoms with Crippen LogP contribution >= 0.6 is 0 Å². The highest BCUT2D eigenvalue weighted by Gasteiger charge is 2.33. The molecule has 0 spiro atoms. The van der Waals surface area contributed by atoms with Crippen LogP contribution in [0.3, 0.4) is 0 Å². The molecule has 1 aromatic carbocycles. The average molecular weight is 377 g/mol. The van der Waals surface area contributed by atoms with Crippen LogP contribution in [0.2, 0.25) is 0 Å². The number of aliphatic imine (C=N–C) groups is 1. The van der Waals surface area contributed by atoms with Gasteiger partial charge in [-0.3, -0.25) is 9.89 Å². The zero-order valence-electron chi connectivity index (χ0n) is 17.9. The van der Waals surface area contributed by atoms with Gasteiger partial charge in [-0.2, -0.15) is 0 Å². The monoisotopic (exact) mass is 376 g/mol. The number of ether oxygens (including phenoxy) is 2. The Bertz CT molecular complexity index is 635. The molecule has 1 aliphatic heterocycles. The van der Waals surface area contributed by atoms with Gasteiger partial charge in [0.2, 0.25) is 0 Å². The molecule has 152 valence electrons. The van der Waals surface area contributed by atoms with Gasteiger partial charge in [-0.15, -0.1) is 0 Å². The molecule has 0 aromatic heterocycles. The number of nitrogens with one attached hydrogen (secondary N) is 2. The van der Waals surface area contributed by atoms with Crippen LogP contribution in [-0.2, 0) is 11.3 Å². The lowest BCUT2D eigenvalue weighted by Crippen LogP contribution is -2.59. The summed E-state index contributed by atoms with van der Waals surface area (Å²) in [6.07, 6.45) is 0.527. The van der Waals surface area contributed by atoms with Crippen molar-refractivity contribution < 1.29 is 9.47 Å². The van der Waals surface area contributed by atoms with Gasteiger partial charge in [0.1, 0.15) is 5.75 Å². The summed E-state index contributed by atoms with van der Waals surface area (Å²) in [7, 11) is 3.51. The van der Waals surface area contributed by atoms with Gasteiger partial charge >= 0.3 is 0 Å². The van der Waals surface area contributed by atoms with Crippen molar-refractivity contribution in [2.75, 3.05) is 33.8 Å². The first-order valence-corrected chi connectivity index (χ1v) is 9.73. The summed E-state index contributed by atoms with van der Waals surface area (Å²) in [5.41, 5.74) is 2.31. The Kier molecular flexibility index (Phi) is 7.50. The fourth-order valence-electron chi connectivity index (χ4n) is 3.48. The van der Waals surface area contributed by atoms with E-state index in [9.17, 15) is 0 Å². The fourth-order valence-corrected chi connectivity index (χ4v) is 3.48. The number of morpholine rings is 1. The zero-order valence-corrected chi connectivity index (χ0v) is 17.9. The molecule has 1 heterocycles. The van der Waals surface area contributed by atoms with E-state index in [0.29, 0.717) is 6.54 Å². The van der Waals surface area contributed by atoms with E-state index in [-0.39, 0.29) is 17.7 Å². The molecule has 0 aliphatic carbocycles. The Labute approximate surface area is 164 Å². The minimum atomic E-state index is 0.00543. The predicted molar refractivity (Wildman–Crippen MR) is 112 cm³/mol. The molecule has 1 aliphatic rings. The van der Waals surface area contributed by atoms with Gasteiger partial charge in [0.25, 0.3) is 0 Å². The Morgan fingerprint density at radius 3 is 2.52 bits per heavy atom. The van der Waals surface area contributed by atoms with E-state index in [0.717, 1.165) is 36.9 Å². The van der Waals surface area contributed by atoms with Crippen LogP contribution < -0.4 is 15.4 Å². The van der Waals surface area contributed by atoms with E-state index >= 15 is 0 Å². The SMILES string of the molecule is CN=C(NCc1ccc(C)cc1OC)NCC(C)(C)N1CC(C)OC(C)C1. The quantitative estimate of drug-likeness (QED) is 0.590. The normalized spacial score (nSPS) is 21.8. The van der Waals surface area contributed by atoms with E-state index in [1.54, 1.807) is 14.2 Å². The van der Waals surface area contributed by atoms with Crippen molar-refractivity contribution in [2.45, 2.75) is 58.9 Å². The second-order valence-corrected chi connectivity index (χ2v) is 8.07. The molecule has 2 atom stereocenters. The Balaban J connectivity index is 1.91. The lowest BCUT2D eigenvalue weighted by atomic mass is 10.00. The highest BCUT2D eigenvalue weighted by molar-refractivity contribution is 5.79. The Morgan fingerprint density at radius 1 is 1.26 bits per heavy atom. The largest absolute Gasteiger partial charge is 0.496 e. The van der Waals surface area contributed by atoms with Crippen LogP contribution in [0.15, 0.2) is 23.2 Å². The molecular formula is C21H36N4O2. The first-order chi connectivity index (χ1) is 12.7. The van der Waals surface area contributed by atoms with Crippen molar-refractivity contribution in [3.05, 3.63) is 29.3 Å². The summed E-state index contributed by atoms with van der Waals surface area (Å²) in [6.45, 7) is 14.2. The molecule has 1 saturated heterocycles. The minimum absolute atomic E-state index is 0.00543. The van der Waals surface area contributed by atoms with Crippen LogP contribution in [0.25, 0.3) is 0 Å². The maximum Gasteiger partial charge on any atom is 0.191 e. The molecule has 0 radical (unpaired) electrons. The van der Waals surface area contributed by atoms with Gasteiger partial charge in [0.15, 0.2) is 5.96 Å². The van der Waals surface area contributed by atoms with Crippen molar-refractivity contribution in [3.8, 4) is 5.75 Å². The van der Waals surface area contributed by atoms with Crippen LogP contribution in [0.1, 0.15) is 38.8 Å². The van der Waals surface area contributed by atoms with Gasteiger partial charge in [-0.1, -0.05) is 12.1 Å². The lowest BCUT2D eigenvalue weighted by molar-refractivity contribution is -0.0946.